The number of benzene rings is 1. The Morgan fingerprint density at radius 1 is 1.43 bits per heavy atom. The maximum absolute atomic E-state index is 11.8. The van der Waals surface area contributed by atoms with E-state index in [1.165, 1.54) is 18.2 Å². The van der Waals surface area contributed by atoms with Crippen LogP contribution in [-0.4, -0.2) is 26.9 Å². The van der Waals surface area contributed by atoms with Crippen LogP contribution in [0.4, 0.5) is 10.5 Å². The Labute approximate surface area is 125 Å². The third-order valence-corrected chi connectivity index (χ3v) is 2.91. The van der Waals surface area contributed by atoms with Crippen LogP contribution in [0.2, 0.25) is 5.02 Å². The fourth-order valence-corrected chi connectivity index (χ4v) is 1.89. The van der Waals surface area contributed by atoms with Crippen molar-refractivity contribution >= 4 is 29.3 Å². The van der Waals surface area contributed by atoms with Gasteiger partial charge in [0.25, 0.3) is 0 Å². The number of aryl methyl sites for hydroxylation is 1. The lowest BCUT2D eigenvalue weighted by Crippen LogP contribution is -2.28. The summed E-state index contributed by atoms with van der Waals surface area (Å²) in [4.78, 5) is 22.9. The number of amides is 2. The quantitative estimate of drug-likeness (QED) is 0.805. The number of carbonyl (C=O) groups excluding carboxylic acids is 1. The minimum Gasteiger partial charge on any atom is -0.478 e. The van der Waals surface area contributed by atoms with Crippen molar-refractivity contribution in [3.05, 3.63) is 46.7 Å². The molecule has 0 spiro atoms. The second kappa shape index (κ2) is 6.27. The third-order valence-electron chi connectivity index (χ3n) is 2.67. The van der Waals surface area contributed by atoms with Crippen molar-refractivity contribution in [2.75, 3.05) is 5.32 Å². The molecule has 110 valence electrons. The molecule has 0 radical (unpaired) electrons. The molecular weight excluding hydrogens is 296 g/mol. The van der Waals surface area contributed by atoms with Gasteiger partial charge in [0.05, 0.1) is 17.4 Å². The smallest absolute Gasteiger partial charge is 0.337 e. The predicted octanol–water partition coefficient (Wildman–Crippen LogP) is 2.09. The van der Waals surface area contributed by atoms with Crippen LogP contribution in [0.3, 0.4) is 0 Å². The summed E-state index contributed by atoms with van der Waals surface area (Å²) in [6.07, 6.45) is 3.39. The molecule has 0 saturated carbocycles. The van der Waals surface area contributed by atoms with E-state index in [0.717, 1.165) is 5.56 Å². The average molecular weight is 309 g/mol. The van der Waals surface area contributed by atoms with Crippen LogP contribution in [0.15, 0.2) is 30.6 Å². The van der Waals surface area contributed by atoms with E-state index in [0.29, 0.717) is 5.02 Å². The number of nitrogens with zero attached hydrogens (tertiary/aromatic N) is 2. The number of aromatic carboxylic acids is 1. The summed E-state index contributed by atoms with van der Waals surface area (Å²) in [5.74, 6) is -1.14. The van der Waals surface area contributed by atoms with E-state index in [4.69, 9.17) is 16.7 Å². The number of carboxylic acids is 1. The largest absolute Gasteiger partial charge is 0.478 e. The van der Waals surface area contributed by atoms with Crippen LogP contribution in [0, 0.1) is 0 Å². The van der Waals surface area contributed by atoms with Gasteiger partial charge in [-0.15, -0.1) is 0 Å². The van der Waals surface area contributed by atoms with E-state index in [1.54, 1.807) is 24.1 Å². The summed E-state index contributed by atoms with van der Waals surface area (Å²) in [6.45, 7) is 0.280. The molecular formula is C13H13ClN4O3. The number of aromatic nitrogens is 2. The first-order valence-electron chi connectivity index (χ1n) is 6.01. The van der Waals surface area contributed by atoms with E-state index in [9.17, 15) is 9.59 Å². The van der Waals surface area contributed by atoms with Crippen molar-refractivity contribution in [3.8, 4) is 0 Å². The minimum absolute atomic E-state index is 0.0315. The number of hydrogen-bond donors (Lipinski definition) is 3. The van der Waals surface area contributed by atoms with E-state index in [2.05, 4.69) is 15.7 Å². The van der Waals surface area contributed by atoms with Gasteiger partial charge in [0.2, 0.25) is 0 Å². The van der Waals surface area contributed by atoms with Crippen LogP contribution in [0.1, 0.15) is 15.9 Å². The fourth-order valence-electron chi connectivity index (χ4n) is 1.72. The maximum atomic E-state index is 11.8. The molecule has 0 fully saturated rings. The molecule has 8 heteroatoms. The highest BCUT2D eigenvalue weighted by Crippen LogP contribution is 2.21. The zero-order valence-electron chi connectivity index (χ0n) is 11.1. The molecule has 0 aliphatic heterocycles. The first-order valence-corrected chi connectivity index (χ1v) is 6.38. The summed E-state index contributed by atoms with van der Waals surface area (Å²) in [6, 6.07) is 3.64. The first-order chi connectivity index (χ1) is 9.95. The Kier molecular flexibility index (Phi) is 4.44. The molecule has 0 saturated heterocycles. The second-order valence-corrected chi connectivity index (χ2v) is 4.76. The monoisotopic (exact) mass is 308 g/mol. The number of hydrogen-bond acceptors (Lipinski definition) is 3. The molecule has 1 aromatic heterocycles. The van der Waals surface area contributed by atoms with Crippen molar-refractivity contribution in [1.29, 1.82) is 0 Å². The molecule has 1 heterocycles. The third kappa shape index (κ3) is 3.96. The molecule has 0 atom stereocenters. The van der Waals surface area contributed by atoms with Gasteiger partial charge in [-0.25, -0.2) is 9.59 Å². The molecule has 21 heavy (non-hydrogen) atoms. The number of urea groups is 1. The fraction of sp³-hybridized carbons (Fsp3) is 0.154. The lowest BCUT2D eigenvalue weighted by molar-refractivity contribution is 0.0698. The highest BCUT2D eigenvalue weighted by molar-refractivity contribution is 6.31. The number of carboxylic acid groups (broad SMARTS) is 1. The molecule has 2 rings (SSSR count). The Bertz CT molecular complexity index is 684. The van der Waals surface area contributed by atoms with Crippen molar-refractivity contribution in [1.82, 2.24) is 15.1 Å². The van der Waals surface area contributed by atoms with Gasteiger partial charge < -0.3 is 15.7 Å². The number of halogens is 1. The molecule has 0 bridgehead atoms. The molecule has 3 N–H and O–H groups in total. The summed E-state index contributed by atoms with van der Waals surface area (Å²) in [5, 5.41) is 18.4. The lowest BCUT2D eigenvalue weighted by Gasteiger charge is -2.09. The van der Waals surface area contributed by atoms with Gasteiger partial charge >= 0.3 is 12.0 Å². The van der Waals surface area contributed by atoms with Crippen LogP contribution < -0.4 is 10.6 Å². The number of nitrogens with one attached hydrogen (secondary N) is 2. The van der Waals surface area contributed by atoms with Gasteiger partial charge in [0.15, 0.2) is 0 Å². The van der Waals surface area contributed by atoms with Gasteiger partial charge in [-0.2, -0.15) is 5.10 Å². The lowest BCUT2D eigenvalue weighted by atomic mass is 10.2. The Morgan fingerprint density at radius 3 is 2.81 bits per heavy atom. The van der Waals surface area contributed by atoms with Gasteiger partial charge in [-0.3, -0.25) is 4.68 Å². The summed E-state index contributed by atoms with van der Waals surface area (Å²) in [5.41, 5.74) is 0.937. The second-order valence-electron chi connectivity index (χ2n) is 4.32. The number of rotatable bonds is 4. The molecule has 2 amide bonds. The van der Waals surface area contributed by atoms with E-state index in [1.807, 2.05) is 0 Å². The topological polar surface area (TPSA) is 96.2 Å². The van der Waals surface area contributed by atoms with Gasteiger partial charge in [0.1, 0.15) is 0 Å². The molecule has 2 aromatic rings. The average Bonchev–Trinajstić information content (AvgIpc) is 2.82. The normalized spacial score (nSPS) is 10.2. The molecule has 0 aliphatic carbocycles. The van der Waals surface area contributed by atoms with E-state index < -0.39 is 12.0 Å². The first kappa shape index (κ1) is 14.9. The Hall–Kier alpha value is -2.54. The van der Waals surface area contributed by atoms with Crippen LogP contribution >= 0.6 is 11.6 Å². The maximum Gasteiger partial charge on any atom is 0.337 e. The SMILES string of the molecule is Cn1cc(CNC(=O)Nc2cc(Cl)ccc2C(=O)O)cn1. The van der Waals surface area contributed by atoms with E-state index in [-0.39, 0.29) is 17.8 Å². The van der Waals surface area contributed by atoms with Gasteiger partial charge in [-0.1, -0.05) is 11.6 Å². The Morgan fingerprint density at radius 2 is 2.19 bits per heavy atom. The molecule has 1 aromatic carbocycles. The standard InChI is InChI=1S/C13H13ClN4O3/c1-18-7-8(6-16-18)5-15-13(21)17-11-4-9(14)2-3-10(11)12(19)20/h2-4,6-7H,5H2,1H3,(H,19,20)(H2,15,17,21). The van der Waals surface area contributed by atoms with E-state index >= 15 is 0 Å². The summed E-state index contributed by atoms with van der Waals surface area (Å²) >= 11 is 5.81. The van der Waals surface area contributed by atoms with Crippen LogP contribution in [-0.2, 0) is 13.6 Å². The molecule has 7 nitrogen and oxygen atoms in total. The van der Waals surface area contributed by atoms with Crippen molar-refractivity contribution in [2.45, 2.75) is 6.54 Å². The highest BCUT2D eigenvalue weighted by atomic mass is 35.5. The summed E-state index contributed by atoms with van der Waals surface area (Å²) < 4.78 is 1.62. The van der Waals surface area contributed by atoms with Gasteiger partial charge in [0, 0.05) is 30.4 Å². The van der Waals surface area contributed by atoms with Crippen LogP contribution in [0.5, 0.6) is 0 Å². The van der Waals surface area contributed by atoms with Crippen LogP contribution in [0.25, 0.3) is 0 Å². The Balaban J connectivity index is 2.02. The highest BCUT2D eigenvalue weighted by Gasteiger charge is 2.13. The van der Waals surface area contributed by atoms with Gasteiger partial charge in [-0.05, 0) is 18.2 Å². The zero-order chi connectivity index (χ0) is 15.4. The zero-order valence-corrected chi connectivity index (χ0v) is 11.9. The van der Waals surface area contributed by atoms with Crippen molar-refractivity contribution < 1.29 is 14.7 Å². The molecule has 0 unspecified atom stereocenters. The van der Waals surface area contributed by atoms with Crippen molar-refractivity contribution in [2.24, 2.45) is 7.05 Å². The predicted molar refractivity (Wildman–Crippen MR) is 77.5 cm³/mol. The summed E-state index contributed by atoms with van der Waals surface area (Å²) in [7, 11) is 1.77. The molecule has 0 aliphatic rings. The number of anilines is 1. The van der Waals surface area contributed by atoms with Crippen molar-refractivity contribution in [3.63, 3.8) is 0 Å². The minimum atomic E-state index is -1.14. The number of carbonyl (C=O) groups is 2.